The molecule has 1 saturated heterocycles. The molecule has 1 aromatic carbocycles. The SMILES string of the molecule is NCC1(NC(=O)Cc2ccccc2O)CCOCC1. The zero-order valence-corrected chi connectivity index (χ0v) is 10.9. The fourth-order valence-corrected chi connectivity index (χ4v) is 2.32. The third kappa shape index (κ3) is 3.45. The number of hydrogen-bond acceptors (Lipinski definition) is 4. The largest absolute Gasteiger partial charge is 0.508 e. The Morgan fingerprint density at radius 1 is 1.37 bits per heavy atom. The maximum absolute atomic E-state index is 12.1. The number of para-hydroxylation sites is 1. The molecule has 104 valence electrons. The van der Waals surface area contributed by atoms with Crippen LogP contribution in [0.2, 0.25) is 0 Å². The standard InChI is InChI=1S/C14H20N2O3/c15-10-14(5-7-19-8-6-14)16-13(18)9-11-3-1-2-4-12(11)17/h1-4,17H,5-10,15H2,(H,16,18). The van der Waals surface area contributed by atoms with Crippen LogP contribution in [0, 0.1) is 0 Å². The van der Waals surface area contributed by atoms with E-state index in [9.17, 15) is 9.90 Å². The van der Waals surface area contributed by atoms with Crippen LogP contribution in [0.5, 0.6) is 5.75 Å². The minimum absolute atomic E-state index is 0.117. The number of benzene rings is 1. The first kappa shape index (κ1) is 13.8. The van der Waals surface area contributed by atoms with Gasteiger partial charge in [-0.2, -0.15) is 0 Å². The molecule has 0 saturated carbocycles. The number of aromatic hydroxyl groups is 1. The first-order valence-electron chi connectivity index (χ1n) is 6.51. The Labute approximate surface area is 112 Å². The second kappa shape index (κ2) is 6.04. The van der Waals surface area contributed by atoms with Gasteiger partial charge in [0, 0.05) is 25.3 Å². The molecule has 0 atom stereocenters. The zero-order chi connectivity index (χ0) is 13.7. The lowest BCUT2D eigenvalue weighted by Gasteiger charge is -2.37. The summed E-state index contributed by atoms with van der Waals surface area (Å²) >= 11 is 0. The first-order valence-corrected chi connectivity index (χ1v) is 6.51. The van der Waals surface area contributed by atoms with Crippen molar-refractivity contribution in [2.24, 2.45) is 5.73 Å². The van der Waals surface area contributed by atoms with Gasteiger partial charge in [0.25, 0.3) is 0 Å². The number of carbonyl (C=O) groups is 1. The minimum atomic E-state index is -0.361. The van der Waals surface area contributed by atoms with Gasteiger partial charge in [0.15, 0.2) is 0 Å². The molecule has 1 amide bonds. The average molecular weight is 264 g/mol. The summed E-state index contributed by atoms with van der Waals surface area (Å²) in [6.07, 6.45) is 1.63. The monoisotopic (exact) mass is 264 g/mol. The molecule has 0 unspecified atom stereocenters. The van der Waals surface area contributed by atoms with E-state index < -0.39 is 0 Å². The summed E-state index contributed by atoms with van der Waals surface area (Å²) in [5.41, 5.74) is 6.05. The van der Waals surface area contributed by atoms with Gasteiger partial charge in [0.2, 0.25) is 5.91 Å². The van der Waals surface area contributed by atoms with Crippen LogP contribution in [-0.4, -0.2) is 36.3 Å². The quantitative estimate of drug-likeness (QED) is 0.742. The third-order valence-electron chi connectivity index (χ3n) is 3.59. The van der Waals surface area contributed by atoms with Crippen LogP contribution in [0.4, 0.5) is 0 Å². The Hall–Kier alpha value is -1.59. The molecule has 5 nitrogen and oxygen atoms in total. The molecule has 5 heteroatoms. The number of phenols is 1. The van der Waals surface area contributed by atoms with Gasteiger partial charge in [-0.25, -0.2) is 0 Å². The van der Waals surface area contributed by atoms with Crippen molar-refractivity contribution in [3.05, 3.63) is 29.8 Å². The lowest BCUT2D eigenvalue weighted by atomic mass is 9.90. The molecule has 1 fully saturated rings. The number of phenolic OH excluding ortho intramolecular Hbond substituents is 1. The van der Waals surface area contributed by atoms with Gasteiger partial charge in [0.1, 0.15) is 5.75 Å². The van der Waals surface area contributed by atoms with E-state index in [2.05, 4.69) is 5.32 Å². The molecular formula is C14H20N2O3. The fourth-order valence-electron chi connectivity index (χ4n) is 2.32. The summed E-state index contributed by atoms with van der Waals surface area (Å²) in [6.45, 7) is 1.64. The van der Waals surface area contributed by atoms with Gasteiger partial charge in [-0.3, -0.25) is 4.79 Å². The summed E-state index contributed by atoms with van der Waals surface area (Å²) in [5, 5.41) is 12.7. The van der Waals surface area contributed by atoms with E-state index in [-0.39, 0.29) is 23.6 Å². The molecular weight excluding hydrogens is 244 g/mol. The lowest BCUT2D eigenvalue weighted by Crippen LogP contribution is -2.57. The predicted octanol–water partition coefficient (Wildman–Crippen LogP) is 0.559. The van der Waals surface area contributed by atoms with Gasteiger partial charge >= 0.3 is 0 Å². The van der Waals surface area contributed by atoms with Crippen molar-refractivity contribution in [1.29, 1.82) is 0 Å². The number of hydrogen-bond donors (Lipinski definition) is 3. The van der Waals surface area contributed by atoms with Crippen LogP contribution >= 0.6 is 0 Å². The van der Waals surface area contributed by atoms with Crippen molar-refractivity contribution < 1.29 is 14.6 Å². The molecule has 1 aromatic rings. The molecule has 0 aliphatic carbocycles. The summed E-state index contributed by atoms with van der Waals surface area (Å²) in [5.74, 6) is 0.0280. The van der Waals surface area contributed by atoms with Gasteiger partial charge < -0.3 is 20.9 Å². The van der Waals surface area contributed by atoms with Crippen LogP contribution in [0.1, 0.15) is 18.4 Å². The van der Waals surface area contributed by atoms with Gasteiger partial charge in [-0.05, 0) is 18.9 Å². The van der Waals surface area contributed by atoms with Crippen LogP contribution in [0.15, 0.2) is 24.3 Å². The molecule has 0 spiro atoms. The van der Waals surface area contributed by atoms with Gasteiger partial charge in [0.05, 0.1) is 12.0 Å². The van der Waals surface area contributed by atoms with Crippen molar-refractivity contribution in [2.75, 3.05) is 19.8 Å². The molecule has 0 radical (unpaired) electrons. The van der Waals surface area contributed by atoms with Crippen LogP contribution in [-0.2, 0) is 16.0 Å². The number of rotatable bonds is 4. The van der Waals surface area contributed by atoms with Crippen molar-refractivity contribution in [3.63, 3.8) is 0 Å². The predicted molar refractivity (Wildman–Crippen MR) is 71.8 cm³/mol. The van der Waals surface area contributed by atoms with E-state index in [0.29, 0.717) is 25.3 Å². The third-order valence-corrected chi connectivity index (χ3v) is 3.59. The normalized spacial score (nSPS) is 17.9. The summed E-state index contributed by atoms with van der Waals surface area (Å²) in [4.78, 5) is 12.1. The number of amides is 1. The van der Waals surface area contributed by atoms with Gasteiger partial charge in [-0.1, -0.05) is 18.2 Å². The van der Waals surface area contributed by atoms with Gasteiger partial charge in [-0.15, -0.1) is 0 Å². The molecule has 4 N–H and O–H groups in total. The van der Waals surface area contributed by atoms with E-state index in [1.54, 1.807) is 24.3 Å². The smallest absolute Gasteiger partial charge is 0.225 e. The second-order valence-electron chi connectivity index (χ2n) is 4.95. The number of nitrogens with two attached hydrogens (primary N) is 1. The average Bonchev–Trinajstić information content (AvgIpc) is 2.42. The van der Waals surface area contributed by atoms with E-state index >= 15 is 0 Å². The van der Waals surface area contributed by atoms with Crippen molar-refractivity contribution in [1.82, 2.24) is 5.32 Å². The number of nitrogens with one attached hydrogen (secondary N) is 1. The number of carbonyl (C=O) groups excluding carboxylic acids is 1. The Morgan fingerprint density at radius 2 is 2.05 bits per heavy atom. The summed E-state index contributed by atoms with van der Waals surface area (Å²) in [7, 11) is 0. The molecule has 1 heterocycles. The minimum Gasteiger partial charge on any atom is -0.508 e. The van der Waals surface area contributed by atoms with Crippen molar-refractivity contribution >= 4 is 5.91 Å². The molecule has 1 aliphatic heterocycles. The highest BCUT2D eigenvalue weighted by Crippen LogP contribution is 2.21. The van der Waals surface area contributed by atoms with E-state index in [1.165, 1.54) is 0 Å². The molecule has 2 rings (SSSR count). The summed E-state index contributed by atoms with van der Waals surface area (Å²) < 4.78 is 5.30. The zero-order valence-electron chi connectivity index (χ0n) is 10.9. The molecule has 19 heavy (non-hydrogen) atoms. The number of ether oxygens (including phenoxy) is 1. The van der Waals surface area contributed by atoms with Crippen LogP contribution in [0.3, 0.4) is 0 Å². The first-order chi connectivity index (χ1) is 9.15. The topological polar surface area (TPSA) is 84.6 Å². The van der Waals surface area contributed by atoms with E-state index in [1.807, 2.05) is 0 Å². The maximum Gasteiger partial charge on any atom is 0.225 e. The van der Waals surface area contributed by atoms with Crippen LogP contribution in [0.25, 0.3) is 0 Å². The van der Waals surface area contributed by atoms with Crippen LogP contribution < -0.4 is 11.1 Å². The Kier molecular flexibility index (Phi) is 4.39. The Bertz CT molecular complexity index is 442. The highest BCUT2D eigenvalue weighted by molar-refractivity contribution is 5.80. The Balaban J connectivity index is 1.98. The molecule has 0 aromatic heterocycles. The highest BCUT2D eigenvalue weighted by Gasteiger charge is 2.32. The lowest BCUT2D eigenvalue weighted by molar-refractivity contribution is -0.123. The maximum atomic E-state index is 12.1. The Morgan fingerprint density at radius 3 is 2.68 bits per heavy atom. The van der Waals surface area contributed by atoms with Crippen molar-refractivity contribution in [3.8, 4) is 5.75 Å². The van der Waals surface area contributed by atoms with E-state index in [4.69, 9.17) is 10.5 Å². The van der Waals surface area contributed by atoms with E-state index in [0.717, 1.165) is 12.8 Å². The summed E-state index contributed by atoms with van der Waals surface area (Å²) in [6, 6.07) is 6.86. The van der Waals surface area contributed by atoms with Crippen molar-refractivity contribution in [2.45, 2.75) is 24.8 Å². The fraction of sp³-hybridized carbons (Fsp3) is 0.500. The molecule has 0 bridgehead atoms. The molecule has 1 aliphatic rings. The second-order valence-corrected chi connectivity index (χ2v) is 4.95. The highest BCUT2D eigenvalue weighted by atomic mass is 16.5.